The zero-order chi connectivity index (χ0) is 25.8. The first-order valence-corrected chi connectivity index (χ1v) is 12.9. The topological polar surface area (TPSA) is 112 Å². The number of hydrogen-bond donors (Lipinski definition) is 3. The number of halogens is 2. The van der Waals surface area contributed by atoms with E-state index >= 15 is 4.39 Å². The number of nitrogens with zero attached hydrogens (tertiary/aromatic N) is 2. The van der Waals surface area contributed by atoms with Crippen molar-refractivity contribution in [3.63, 3.8) is 0 Å². The van der Waals surface area contributed by atoms with Crippen molar-refractivity contribution in [2.24, 2.45) is 11.3 Å². The molecule has 35 heavy (non-hydrogen) atoms. The molecule has 0 saturated heterocycles. The van der Waals surface area contributed by atoms with Crippen molar-refractivity contribution in [1.82, 2.24) is 4.98 Å². The molecule has 190 valence electrons. The summed E-state index contributed by atoms with van der Waals surface area (Å²) in [6, 6.07) is 1.57. The number of carbonyl (C=O) groups excluding carboxylic acids is 2. The summed E-state index contributed by atoms with van der Waals surface area (Å²) in [7, 11) is 0. The summed E-state index contributed by atoms with van der Waals surface area (Å²) >= 11 is 2.49. The van der Waals surface area contributed by atoms with Gasteiger partial charge in [-0.2, -0.15) is 0 Å². The quantitative estimate of drug-likeness (QED) is 0.356. The molecule has 0 aliphatic heterocycles. The van der Waals surface area contributed by atoms with Crippen molar-refractivity contribution in [2.45, 2.75) is 50.7 Å². The summed E-state index contributed by atoms with van der Waals surface area (Å²) in [5, 5.41) is 14.4. The Morgan fingerprint density at radius 3 is 2.54 bits per heavy atom. The van der Waals surface area contributed by atoms with E-state index in [0.717, 1.165) is 42.9 Å². The fraction of sp³-hybridized carbons (Fsp3) is 0.478. The van der Waals surface area contributed by atoms with E-state index in [1.807, 2.05) is 0 Å². The van der Waals surface area contributed by atoms with Crippen LogP contribution in [-0.2, 0) is 9.59 Å². The van der Waals surface area contributed by atoms with Gasteiger partial charge >= 0.3 is 12.0 Å². The monoisotopic (exact) mass is 526 g/mol. The number of aromatic nitrogens is 1. The maximum Gasteiger partial charge on any atom is 0.328 e. The van der Waals surface area contributed by atoms with Crippen LogP contribution in [-0.4, -0.2) is 40.3 Å². The number of carbonyl (C=O) groups is 3. The molecule has 2 aromatic rings. The van der Waals surface area contributed by atoms with Gasteiger partial charge in [0.1, 0.15) is 11.5 Å². The molecule has 1 aliphatic rings. The van der Waals surface area contributed by atoms with Crippen LogP contribution >= 0.6 is 23.1 Å². The lowest BCUT2D eigenvalue weighted by Gasteiger charge is -2.27. The van der Waals surface area contributed by atoms with Crippen molar-refractivity contribution in [1.29, 1.82) is 0 Å². The number of urea groups is 1. The standard InChI is InChI=1S/C23H28F2N4O4S2/c1-13(30)27-19-15(24)8-9-16(18(19)25)29(11-14-6-4-5-7-14)22(33)28-21-26-10-17(35-21)34-12-23(2,3)20(31)32/h8-10,14H,4-7,11-12H2,1-3H3,(H,27,30)(H,31,32)(H,26,28,33). The Labute approximate surface area is 210 Å². The summed E-state index contributed by atoms with van der Waals surface area (Å²) in [4.78, 5) is 41.4. The SMILES string of the molecule is CC(=O)Nc1c(F)ccc(N(CC2CCCC2)C(=O)Nc2ncc(SCC(C)(C)C(=O)O)s2)c1F. The third-order valence-electron chi connectivity index (χ3n) is 5.68. The average Bonchev–Trinajstić information content (AvgIpc) is 3.46. The number of carboxylic acids is 1. The Balaban J connectivity index is 1.81. The van der Waals surface area contributed by atoms with Crippen LogP contribution in [0.2, 0.25) is 0 Å². The molecule has 1 heterocycles. The molecule has 1 fully saturated rings. The van der Waals surface area contributed by atoms with Gasteiger partial charge in [-0.3, -0.25) is 19.8 Å². The van der Waals surface area contributed by atoms with Crippen LogP contribution in [0.4, 0.5) is 30.1 Å². The van der Waals surface area contributed by atoms with Crippen molar-refractivity contribution in [3.05, 3.63) is 30.0 Å². The number of amides is 3. The number of thioether (sulfide) groups is 1. The van der Waals surface area contributed by atoms with Crippen molar-refractivity contribution in [2.75, 3.05) is 27.8 Å². The molecule has 1 aromatic heterocycles. The lowest BCUT2D eigenvalue weighted by Crippen LogP contribution is -2.39. The number of aliphatic carboxylic acids is 1. The summed E-state index contributed by atoms with van der Waals surface area (Å²) in [6.07, 6.45) is 5.36. The van der Waals surface area contributed by atoms with Crippen LogP contribution in [0.15, 0.2) is 22.5 Å². The largest absolute Gasteiger partial charge is 0.481 e. The summed E-state index contributed by atoms with van der Waals surface area (Å²) in [5.41, 5.74) is -1.68. The third-order valence-corrected chi connectivity index (χ3v) is 8.24. The van der Waals surface area contributed by atoms with Crippen molar-refractivity contribution >= 4 is 57.5 Å². The molecule has 3 rings (SSSR count). The van der Waals surface area contributed by atoms with Gasteiger partial charge in [0.15, 0.2) is 10.9 Å². The van der Waals surface area contributed by atoms with Gasteiger partial charge in [-0.25, -0.2) is 18.6 Å². The molecular formula is C23H28F2N4O4S2. The maximum atomic E-state index is 15.3. The van der Waals surface area contributed by atoms with E-state index in [4.69, 9.17) is 0 Å². The zero-order valence-corrected chi connectivity index (χ0v) is 21.3. The number of rotatable bonds is 9. The number of nitrogens with one attached hydrogen (secondary N) is 2. The van der Waals surface area contributed by atoms with Crippen molar-refractivity contribution in [3.8, 4) is 0 Å². The number of benzene rings is 1. The smallest absolute Gasteiger partial charge is 0.328 e. The minimum Gasteiger partial charge on any atom is -0.481 e. The highest BCUT2D eigenvalue weighted by atomic mass is 32.2. The second-order valence-corrected chi connectivity index (χ2v) is 11.4. The summed E-state index contributed by atoms with van der Waals surface area (Å²) in [5.74, 6) is -3.03. The molecule has 12 heteroatoms. The Morgan fingerprint density at radius 1 is 1.23 bits per heavy atom. The lowest BCUT2D eigenvalue weighted by molar-refractivity contribution is -0.145. The normalized spacial score (nSPS) is 14.1. The predicted molar refractivity (Wildman–Crippen MR) is 133 cm³/mol. The first-order chi connectivity index (χ1) is 16.5. The summed E-state index contributed by atoms with van der Waals surface area (Å²) in [6.45, 7) is 4.62. The first-order valence-electron chi connectivity index (χ1n) is 11.1. The predicted octanol–water partition coefficient (Wildman–Crippen LogP) is 5.81. The van der Waals surface area contributed by atoms with Crippen LogP contribution in [0.3, 0.4) is 0 Å². The van der Waals surface area contributed by atoms with E-state index in [1.165, 1.54) is 40.3 Å². The molecule has 0 radical (unpaired) electrons. The van der Waals surface area contributed by atoms with Gasteiger partial charge in [0.25, 0.3) is 0 Å². The van der Waals surface area contributed by atoms with Gasteiger partial charge in [0.2, 0.25) is 5.91 Å². The number of anilines is 3. The van der Waals surface area contributed by atoms with Crippen molar-refractivity contribution < 1.29 is 28.3 Å². The first kappa shape index (κ1) is 26.9. The Kier molecular flexibility index (Phi) is 8.70. The van der Waals surface area contributed by atoms with E-state index in [2.05, 4.69) is 15.6 Å². The second-order valence-electron chi connectivity index (χ2n) is 9.09. The van der Waals surface area contributed by atoms with Gasteiger partial charge in [-0.1, -0.05) is 24.2 Å². The molecule has 0 atom stereocenters. The average molecular weight is 527 g/mol. The fourth-order valence-electron chi connectivity index (χ4n) is 3.64. The molecule has 0 spiro atoms. The number of thiazole rings is 1. The molecule has 0 unspecified atom stereocenters. The third kappa shape index (κ3) is 6.91. The van der Waals surface area contributed by atoms with E-state index in [-0.39, 0.29) is 23.3 Å². The van der Waals surface area contributed by atoms with Crippen LogP contribution in [0.1, 0.15) is 46.5 Å². The highest BCUT2D eigenvalue weighted by Gasteiger charge is 2.29. The Bertz CT molecular complexity index is 1100. The highest BCUT2D eigenvalue weighted by molar-refractivity contribution is 8.01. The molecule has 8 nitrogen and oxygen atoms in total. The van der Waals surface area contributed by atoms with E-state index in [1.54, 1.807) is 13.8 Å². The Morgan fingerprint density at radius 2 is 1.91 bits per heavy atom. The molecule has 1 saturated carbocycles. The van der Waals surface area contributed by atoms with Gasteiger partial charge in [0.05, 0.1) is 21.5 Å². The Hall–Kier alpha value is -2.73. The lowest BCUT2D eigenvalue weighted by atomic mass is 9.97. The van der Waals surface area contributed by atoms with Gasteiger partial charge < -0.3 is 10.4 Å². The highest BCUT2D eigenvalue weighted by Crippen LogP contribution is 2.35. The number of carboxylic acid groups (broad SMARTS) is 1. The maximum absolute atomic E-state index is 15.3. The molecule has 0 bridgehead atoms. The number of hydrogen-bond acceptors (Lipinski definition) is 6. The minimum absolute atomic E-state index is 0.145. The molecule has 3 N–H and O–H groups in total. The molecule has 3 amide bonds. The second kappa shape index (κ2) is 11.3. The van der Waals surface area contributed by atoms with Crippen LogP contribution in [0.25, 0.3) is 0 Å². The van der Waals surface area contributed by atoms with Crippen LogP contribution in [0, 0.1) is 23.0 Å². The van der Waals surface area contributed by atoms with Gasteiger partial charge in [-0.15, -0.1) is 11.8 Å². The molecular weight excluding hydrogens is 498 g/mol. The van der Waals surface area contributed by atoms with Crippen LogP contribution < -0.4 is 15.5 Å². The summed E-state index contributed by atoms with van der Waals surface area (Å²) < 4.78 is 30.2. The van der Waals surface area contributed by atoms with E-state index in [9.17, 15) is 23.9 Å². The fourth-order valence-corrected chi connectivity index (χ4v) is 5.58. The molecule has 1 aliphatic carbocycles. The van der Waals surface area contributed by atoms with Gasteiger partial charge in [-0.05, 0) is 44.7 Å². The zero-order valence-electron chi connectivity index (χ0n) is 19.7. The van der Waals surface area contributed by atoms with Crippen LogP contribution in [0.5, 0.6) is 0 Å². The minimum atomic E-state index is -1.03. The van der Waals surface area contributed by atoms with E-state index < -0.39 is 40.6 Å². The molecule has 1 aromatic carbocycles. The van der Waals surface area contributed by atoms with E-state index in [0.29, 0.717) is 5.75 Å². The van der Waals surface area contributed by atoms with Gasteiger partial charge in [0, 0.05) is 19.2 Å².